The highest BCUT2D eigenvalue weighted by atomic mass is 16.1. The highest BCUT2D eigenvalue weighted by molar-refractivity contribution is 5.92. The third-order valence-corrected chi connectivity index (χ3v) is 3.69. The number of hydrogen-bond acceptors (Lipinski definition) is 5. The summed E-state index contributed by atoms with van der Waals surface area (Å²) in [5.41, 5.74) is 3.27. The lowest BCUT2D eigenvalue weighted by Crippen LogP contribution is -2.24. The number of rotatable bonds is 6. The van der Waals surface area contributed by atoms with Crippen molar-refractivity contribution in [1.82, 2.24) is 20.3 Å². The zero-order chi connectivity index (χ0) is 17.5. The molecule has 0 atom stereocenters. The molecule has 126 valence electrons. The lowest BCUT2D eigenvalue weighted by Gasteiger charge is -2.08. The van der Waals surface area contributed by atoms with Crippen LogP contribution in [0, 0.1) is 0 Å². The van der Waals surface area contributed by atoms with E-state index in [1.807, 2.05) is 30.3 Å². The maximum atomic E-state index is 12.2. The van der Waals surface area contributed by atoms with Gasteiger partial charge in [0.1, 0.15) is 17.8 Å². The van der Waals surface area contributed by atoms with Crippen LogP contribution < -0.4 is 10.6 Å². The first-order chi connectivity index (χ1) is 12.2. The Hall–Kier alpha value is -3.28. The van der Waals surface area contributed by atoms with Gasteiger partial charge in [0.15, 0.2) is 0 Å². The third-order valence-electron chi connectivity index (χ3n) is 3.69. The molecule has 2 heterocycles. The van der Waals surface area contributed by atoms with Gasteiger partial charge in [0.2, 0.25) is 0 Å². The molecule has 2 N–H and O–H groups in total. The molecule has 3 rings (SSSR count). The number of nitrogens with one attached hydrogen (secondary N) is 2. The summed E-state index contributed by atoms with van der Waals surface area (Å²) < 4.78 is 0. The van der Waals surface area contributed by atoms with Gasteiger partial charge in [-0.05, 0) is 36.2 Å². The second-order valence-corrected chi connectivity index (χ2v) is 5.47. The largest absolute Gasteiger partial charge is 0.345 e. The molecule has 0 fully saturated rings. The van der Waals surface area contributed by atoms with Gasteiger partial charge in [-0.2, -0.15) is 0 Å². The Balaban J connectivity index is 1.64. The van der Waals surface area contributed by atoms with Crippen LogP contribution in [0.4, 0.5) is 11.5 Å². The van der Waals surface area contributed by atoms with Gasteiger partial charge in [0.25, 0.3) is 5.91 Å². The summed E-state index contributed by atoms with van der Waals surface area (Å²) in [5, 5.41) is 5.98. The van der Waals surface area contributed by atoms with Gasteiger partial charge in [-0.1, -0.05) is 25.1 Å². The number of aryl methyl sites for hydroxylation is 1. The van der Waals surface area contributed by atoms with Crippen LogP contribution in [-0.4, -0.2) is 20.9 Å². The molecule has 25 heavy (non-hydrogen) atoms. The van der Waals surface area contributed by atoms with E-state index in [9.17, 15) is 4.79 Å². The Bertz CT molecular complexity index is 834. The molecule has 0 bridgehead atoms. The number of hydrogen-bond donors (Lipinski definition) is 2. The lowest BCUT2D eigenvalue weighted by molar-refractivity contribution is 0.0945. The van der Waals surface area contributed by atoms with Crippen molar-refractivity contribution in [3.8, 4) is 0 Å². The summed E-state index contributed by atoms with van der Waals surface area (Å²) in [6.07, 6.45) is 4.06. The van der Waals surface area contributed by atoms with Crippen LogP contribution in [0.3, 0.4) is 0 Å². The molecule has 0 saturated carbocycles. The van der Waals surface area contributed by atoms with Crippen LogP contribution >= 0.6 is 0 Å². The van der Waals surface area contributed by atoms with Crippen molar-refractivity contribution in [3.63, 3.8) is 0 Å². The SMILES string of the molecule is CCc1ccc(Nc2cc(C(=O)NCc3ccccn3)ncn2)cc1. The lowest BCUT2D eigenvalue weighted by atomic mass is 10.1. The van der Waals surface area contributed by atoms with Crippen molar-refractivity contribution in [3.05, 3.63) is 78.0 Å². The van der Waals surface area contributed by atoms with E-state index in [4.69, 9.17) is 0 Å². The highest BCUT2D eigenvalue weighted by Crippen LogP contribution is 2.15. The number of aromatic nitrogens is 3. The summed E-state index contributed by atoms with van der Waals surface area (Å²) in [6.45, 7) is 2.47. The van der Waals surface area contributed by atoms with Crippen LogP contribution in [0.5, 0.6) is 0 Å². The van der Waals surface area contributed by atoms with Crippen LogP contribution in [0.1, 0.15) is 28.7 Å². The molecule has 1 amide bonds. The summed E-state index contributed by atoms with van der Waals surface area (Å²) in [4.78, 5) is 24.6. The molecule has 6 nitrogen and oxygen atoms in total. The number of benzene rings is 1. The van der Waals surface area contributed by atoms with Crippen molar-refractivity contribution < 1.29 is 4.79 Å². The third kappa shape index (κ3) is 4.60. The maximum absolute atomic E-state index is 12.2. The zero-order valence-corrected chi connectivity index (χ0v) is 13.9. The maximum Gasteiger partial charge on any atom is 0.270 e. The summed E-state index contributed by atoms with van der Waals surface area (Å²) in [6, 6.07) is 15.3. The molecule has 2 aromatic heterocycles. The predicted molar refractivity (Wildman–Crippen MR) is 96.5 cm³/mol. The molecule has 0 aliphatic rings. The van der Waals surface area contributed by atoms with Gasteiger partial charge in [-0.3, -0.25) is 9.78 Å². The fourth-order valence-corrected chi connectivity index (χ4v) is 2.29. The molecule has 0 unspecified atom stereocenters. The molecule has 0 aliphatic heterocycles. The smallest absolute Gasteiger partial charge is 0.270 e. The first-order valence-corrected chi connectivity index (χ1v) is 8.10. The number of carbonyl (C=O) groups is 1. The number of anilines is 2. The van der Waals surface area contributed by atoms with E-state index in [0.717, 1.165) is 17.8 Å². The van der Waals surface area contributed by atoms with Crippen molar-refractivity contribution >= 4 is 17.4 Å². The van der Waals surface area contributed by atoms with Crippen LogP contribution in [0.2, 0.25) is 0 Å². The van der Waals surface area contributed by atoms with Gasteiger partial charge in [-0.25, -0.2) is 9.97 Å². The highest BCUT2D eigenvalue weighted by Gasteiger charge is 2.09. The quantitative estimate of drug-likeness (QED) is 0.724. The minimum Gasteiger partial charge on any atom is -0.345 e. The molecular weight excluding hydrogens is 314 g/mol. The van der Waals surface area contributed by atoms with E-state index in [-0.39, 0.29) is 5.91 Å². The standard InChI is InChI=1S/C19H19N5O/c1-2-14-6-8-15(9-7-14)24-18-11-17(22-13-23-18)19(25)21-12-16-5-3-4-10-20-16/h3-11,13H,2,12H2,1H3,(H,21,25)(H,22,23,24). The average Bonchev–Trinajstić information content (AvgIpc) is 2.68. The summed E-state index contributed by atoms with van der Waals surface area (Å²) in [5.74, 6) is 0.305. The van der Waals surface area contributed by atoms with Crippen LogP contribution in [0.15, 0.2) is 61.1 Å². The second-order valence-electron chi connectivity index (χ2n) is 5.47. The molecule has 3 aromatic rings. The zero-order valence-electron chi connectivity index (χ0n) is 13.9. The number of pyridine rings is 1. The first kappa shape index (κ1) is 16.6. The molecular formula is C19H19N5O. The fourth-order valence-electron chi connectivity index (χ4n) is 2.29. The van der Waals surface area contributed by atoms with Crippen molar-refractivity contribution in [1.29, 1.82) is 0 Å². The Morgan fingerprint density at radius 3 is 2.60 bits per heavy atom. The van der Waals surface area contributed by atoms with Crippen molar-refractivity contribution in [2.24, 2.45) is 0 Å². The normalized spacial score (nSPS) is 10.3. The minimum atomic E-state index is -0.266. The van der Waals surface area contributed by atoms with Crippen LogP contribution in [0.25, 0.3) is 0 Å². The Morgan fingerprint density at radius 1 is 1.04 bits per heavy atom. The Morgan fingerprint density at radius 2 is 1.88 bits per heavy atom. The van der Waals surface area contributed by atoms with Crippen molar-refractivity contribution in [2.45, 2.75) is 19.9 Å². The van der Waals surface area contributed by atoms with E-state index in [1.54, 1.807) is 12.3 Å². The Labute approximate surface area is 146 Å². The Kier molecular flexibility index (Phi) is 5.31. The predicted octanol–water partition coefficient (Wildman–Crippen LogP) is 3.11. The van der Waals surface area contributed by atoms with E-state index >= 15 is 0 Å². The van der Waals surface area contributed by atoms with Gasteiger partial charge in [0.05, 0.1) is 12.2 Å². The van der Waals surface area contributed by atoms with Gasteiger partial charge in [0, 0.05) is 18.0 Å². The topological polar surface area (TPSA) is 79.8 Å². The molecule has 1 aromatic carbocycles. The molecule has 0 aliphatic carbocycles. The number of carbonyl (C=O) groups excluding carboxylic acids is 1. The van der Waals surface area contributed by atoms with Gasteiger partial charge in [-0.15, -0.1) is 0 Å². The van der Waals surface area contributed by atoms with E-state index in [0.29, 0.717) is 18.1 Å². The molecule has 0 saturated heterocycles. The molecule has 0 spiro atoms. The van der Waals surface area contributed by atoms with E-state index in [2.05, 4.69) is 44.6 Å². The van der Waals surface area contributed by atoms with Gasteiger partial charge >= 0.3 is 0 Å². The van der Waals surface area contributed by atoms with E-state index in [1.165, 1.54) is 11.9 Å². The first-order valence-electron chi connectivity index (χ1n) is 8.10. The number of amides is 1. The summed E-state index contributed by atoms with van der Waals surface area (Å²) in [7, 11) is 0. The molecule has 6 heteroatoms. The second kappa shape index (κ2) is 8.01. The van der Waals surface area contributed by atoms with Crippen molar-refractivity contribution in [2.75, 3.05) is 5.32 Å². The minimum absolute atomic E-state index is 0.266. The fraction of sp³-hybridized carbons (Fsp3) is 0.158. The number of nitrogens with zero attached hydrogens (tertiary/aromatic N) is 3. The average molecular weight is 333 g/mol. The summed E-state index contributed by atoms with van der Waals surface area (Å²) >= 11 is 0. The van der Waals surface area contributed by atoms with Gasteiger partial charge < -0.3 is 10.6 Å². The van der Waals surface area contributed by atoms with E-state index < -0.39 is 0 Å². The van der Waals surface area contributed by atoms with Crippen LogP contribution in [-0.2, 0) is 13.0 Å². The monoisotopic (exact) mass is 333 g/mol. The molecule has 0 radical (unpaired) electrons.